The van der Waals surface area contributed by atoms with Crippen molar-refractivity contribution < 1.29 is 9.18 Å². The van der Waals surface area contributed by atoms with Crippen molar-refractivity contribution in [2.24, 2.45) is 5.92 Å². The van der Waals surface area contributed by atoms with Crippen LogP contribution in [0, 0.1) is 11.7 Å². The van der Waals surface area contributed by atoms with E-state index >= 15 is 0 Å². The average molecular weight is 375 g/mol. The van der Waals surface area contributed by atoms with Crippen LogP contribution in [0.25, 0.3) is 0 Å². The highest BCUT2D eigenvalue weighted by atomic mass is 79.9. The number of fused-ring (bicyclic) bond motifs is 1. The number of hydrogen-bond donors (Lipinski definition) is 1. The van der Waals surface area contributed by atoms with Gasteiger partial charge in [-0.15, -0.1) is 0 Å². The zero-order chi connectivity index (χ0) is 15.0. The molecule has 2 nitrogen and oxygen atoms in total. The van der Waals surface area contributed by atoms with Gasteiger partial charge in [0, 0.05) is 10.5 Å². The lowest BCUT2D eigenvalue weighted by Crippen LogP contribution is -2.52. The molecule has 1 aliphatic carbocycles. The minimum absolute atomic E-state index is 0.0211. The van der Waals surface area contributed by atoms with Crippen LogP contribution in [0.3, 0.4) is 0 Å². The van der Waals surface area contributed by atoms with Crippen LogP contribution in [0.15, 0.2) is 16.6 Å². The average Bonchev–Trinajstić information content (AvgIpc) is 2.52. The zero-order valence-electron chi connectivity index (χ0n) is 11.7. The minimum atomic E-state index is -0.622. The molecule has 0 amide bonds. The maximum absolute atomic E-state index is 14.2. The van der Waals surface area contributed by atoms with E-state index in [0.717, 1.165) is 19.3 Å². The number of ketones is 1. The quantitative estimate of drug-likeness (QED) is 0.598. The number of piperidine rings is 1. The summed E-state index contributed by atoms with van der Waals surface area (Å²) in [4.78, 5) is 12.6. The number of rotatable bonds is 2. The Hall–Kier alpha value is -0.450. The number of Topliss-reactive ketones (excluding diaryl/α,β-unsaturated/α-hetero) is 1. The van der Waals surface area contributed by atoms with Gasteiger partial charge >= 0.3 is 0 Å². The van der Waals surface area contributed by atoms with Gasteiger partial charge in [-0.25, -0.2) is 4.39 Å². The van der Waals surface area contributed by atoms with Crippen LogP contribution in [0.4, 0.5) is 4.39 Å². The molecule has 0 radical (unpaired) electrons. The van der Waals surface area contributed by atoms with Gasteiger partial charge in [0.1, 0.15) is 0 Å². The number of benzene rings is 1. The third-order valence-corrected chi connectivity index (χ3v) is 6.03. The van der Waals surface area contributed by atoms with Crippen molar-refractivity contribution in [2.75, 3.05) is 0 Å². The maximum atomic E-state index is 14.2. The van der Waals surface area contributed by atoms with Gasteiger partial charge in [0.25, 0.3) is 0 Å². The summed E-state index contributed by atoms with van der Waals surface area (Å²) in [6.07, 6.45) is 6.72. The fourth-order valence-electron chi connectivity index (χ4n) is 3.61. The lowest BCUT2D eigenvalue weighted by molar-refractivity contribution is 0.0857. The predicted molar refractivity (Wildman–Crippen MR) is 85.3 cm³/mol. The first-order chi connectivity index (χ1) is 10.1. The number of carbonyl (C=O) groups is 1. The molecule has 5 heteroatoms. The molecule has 2 fully saturated rings. The molecule has 0 bridgehead atoms. The molecule has 114 valence electrons. The highest BCUT2D eigenvalue weighted by Gasteiger charge is 2.35. The van der Waals surface area contributed by atoms with Crippen LogP contribution in [-0.4, -0.2) is 17.9 Å². The number of carbonyl (C=O) groups excluding carboxylic acids is 1. The summed E-state index contributed by atoms with van der Waals surface area (Å²) in [5.74, 6) is -0.115. The molecule has 1 heterocycles. The largest absolute Gasteiger partial charge is 0.304 e. The first-order valence-corrected chi connectivity index (χ1v) is 8.69. The van der Waals surface area contributed by atoms with Crippen molar-refractivity contribution in [3.05, 3.63) is 33.0 Å². The summed E-state index contributed by atoms with van der Waals surface area (Å²) >= 11 is 9.05. The van der Waals surface area contributed by atoms with E-state index in [2.05, 4.69) is 21.2 Å². The standard InChI is InChI=1S/C16H18BrClFNO/c17-11-7-6-10(15(19)14(11)18)16(21)13-8-5-9-3-1-2-4-12(9)20-13/h6-7,9,12-13,20H,1-5,8H2. The van der Waals surface area contributed by atoms with Gasteiger partial charge in [-0.3, -0.25) is 4.79 Å². The van der Waals surface area contributed by atoms with E-state index < -0.39 is 5.82 Å². The van der Waals surface area contributed by atoms with E-state index in [9.17, 15) is 9.18 Å². The summed E-state index contributed by atoms with van der Waals surface area (Å²) in [5.41, 5.74) is 0.0926. The first kappa shape index (κ1) is 15.4. The molecule has 1 saturated carbocycles. The van der Waals surface area contributed by atoms with Crippen LogP contribution < -0.4 is 5.32 Å². The van der Waals surface area contributed by atoms with Gasteiger partial charge in [-0.05, 0) is 59.7 Å². The van der Waals surface area contributed by atoms with E-state index in [4.69, 9.17) is 11.6 Å². The van der Waals surface area contributed by atoms with Crippen LogP contribution in [0.2, 0.25) is 5.02 Å². The van der Waals surface area contributed by atoms with Crippen molar-refractivity contribution in [3.63, 3.8) is 0 Å². The lowest BCUT2D eigenvalue weighted by atomic mass is 9.77. The molecule has 1 aliphatic heterocycles. The summed E-state index contributed by atoms with van der Waals surface area (Å²) in [6, 6.07) is 3.28. The summed E-state index contributed by atoms with van der Waals surface area (Å²) in [6.45, 7) is 0. The summed E-state index contributed by atoms with van der Waals surface area (Å²) in [7, 11) is 0. The Bertz CT molecular complexity index is 565. The van der Waals surface area contributed by atoms with Gasteiger partial charge in [0.15, 0.2) is 11.6 Å². The third-order valence-electron chi connectivity index (χ3n) is 4.77. The minimum Gasteiger partial charge on any atom is -0.304 e. The third kappa shape index (κ3) is 3.03. The molecule has 1 aromatic rings. The van der Waals surface area contributed by atoms with Gasteiger partial charge < -0.3 is 5.32 Å². The Labute approximate surface area is 137 Å². The second kappa shape index (κ2) is 6.35. The van der Waals surface area contributed by atoms with Crippen molar-refractivity contribution in [1.82, 2.24) is 5.32 Å². The Balaban J connectivity index is 1.78. The van der Waals surface area contributed by atoms with E-state index in [0.29, 0.717) is 16.4 Å². The van der Waals surface area contributed by atoms with Gasteiger partial charge in [-0.1, -0.05) is 24.4 Å². The Morgan fingerprint density at radius 2 is 2.00 bits per heavy atom. The molecular formula is C16H18BrClFNO. The monoisotopic (exact) mass is 373 g/mol. The van der Waals surface area contributed by atoms with Gasteiger partial charge in [-0.2, -0.15) is 0 Å². The number of nitrogens with one attached hydrogen (secondary N) is 1. The van der Waals surface area contributed by atoms with Gasteiger partial charge in [0.2, 0.25) is 0 Å². The SMILES string of the molecule is O=C(c1ccc(Br)c(Cl)c1F)C1CCC2CCCCC2N1. The molecule has 2 aliphatic rings. The fraction of sp³-hybridized carbons (Fsp3) is 0.562. The van der Waals surface area contributed by atoms with Crippen molar-refractivity contribution in [1.29, 1.82) is 0 Å². The fourth-order valence-corrected chi connectivity index (χ4v) is 4.08. The summed E-state index contributed by atoms with van der Waals surface area (Å²) < 4.78 is 14.7. The molecule has 3 atom stereocenters. The maximum Gasteiger partial charge on any atom is 0.182 e. The first-order valence-electron chi connectivity index (χ1n) is 7.51. The Morgan fingerprint density at radius 1 is 1.24 bits per heavy atom. The molecule has 3 unspecified atom stereocenters. The highest BCUT2D eigenvalue weighted by Crippen LogP contribution is 2.34. The normalized spacial score (nSPS) is 29.0. The highest BCUT2D eigenvalue weighted by molar-refractivity contribution is 9.10. The Kier molecular flexibility index (Phi) is 4.67. The van der Waals surface area contributed by atoms with Crippen molar-refractivity contribution in [3.8, 4) is 0 Å². The topological polar surface area (TPSA) is 29.1 Å². The van der Waals surface area contributed by atoms with Crippen LogP contribution in [0.1, 0.15) is 48.9 Å². The van der Waals surface area contributed by atoms with E-state index in [1.54, 1.807) is 6.07 Å². The molecule has 1 N–H and O–H groups in total. The number of hydrogen-bond acceptors (Lipinski definition) is 2. The molecule has 3 rings (SSSR count). The van der Waals surface area contributed by atoms with Crippen LogP contribution >= 0.6 is 27.5 Å². The second-order valence-electron chi connectivity index (χ2n) is 6.03. The van der Waals surface area contributed by atoms with E-state index in [-0.39, 0.29) is 22.4 Å². The molecular weight excluding hydrogens is 357 g/mol. The van der Waals surface area contributed by atoms with Crippen molar-refractivity contribution >= 4 is 33.3 Å². The van der Waals surface area contributed by atoms with E-state index in [1.807, 2.05) is 0 Å². The second-order valence-corrected chi connectivity index (χ2v) is 7.27. The zero-order valence-corrected chi connectivity index (χ0v) is 14.0. The molecule has 1 aromatic carbocycles. The van der Waals surface area contributed by atoms with Crippen LogP contribution in [-0.2, 0) is 0 Å². The van der Waals surface area contributed by atoms with Gasteiger partial charge in [0.05, 0.1) is 16.6 Å². The Morgan fingerprint density at radius 3 is 2.81 bits per heavy atom. The van der Waals surface area contributed by atoms with E-state index in [1.165, 1.54) is 25.3 Å². The summed E-state index contributed by atoms with van der Waals surface area (Å²) in [5, 5.41) is 3.42. The molecule has 0 aromatic heterocycles. The molecule has 21 heavy (non-hydrogen) atoms. The lowest BCUT2D eigenvalue weighted by Gasteiger charge is -2.40. The molecule has 1 saturated heterocycles. The van der Waals surface area contributed by atoms with Crippen molar-refractivity contribution in [2.45, 2.75) is 50.6 Å². The smallest absolute Gasteiger partial charge is 0.182 e. The number of halogens is 3. The van der Waals surface area contributed by atoms with Crippen LogP contribution in [0.5, 0.6) is 0 Å². The predicted octanol–water partition coefficient (Wildman–Crippen LogP) is 4.74. The molecule has 0 spiro atoms.